The molecule has 7 heteroatoms. The number of carbonyl (C=O) groups excluding carboxylic acids is 1. The fraction of sp³-hybridized carbons (Fsp3) is 0.278. The highest BCUT2D eigenvalue weighted by molar-refractivity contribution is 9.10. The number of para-hydroxylation sites is 1. The zero-order chi connectivity index (χ0) is 18.4. The molecule has 0 radical (unpaired) electrons. The molecule has 134 valence electrons. The molecule has 1 atom stereocenters. The van der Waals surface area contributed by atoms with Crippen molar-refractivity contribution in [2.24, 2.45) is 0 Å². The quantitative estimate of drug-likeness (QED) is 0.729. The Kier molecular flexibility index (Phi) is 6.75. The van der Waals surface area contributed by atoms with E-state index in [0.717, 1.165) is 10.0 Å². The number of amides is 1. The molecular weight excluding hydrogens is 396 g/mol. The molecule has 1 amide bonds. The van der Waals surface area contributed by atoms with E-state index in [4.69, 9.17) is 4.74 Å². The van der Waals surface area contributed by atoms with Crippen LogP contribution in [-0.2, 0) is 11.3 Å². The molecule has 25 heavy (non-hydrogen) atoms. The highest BCUT2D eigenvalue weighted by Gasteiger charge is 2.17. The Labute approximate surface area is 153 Å². The SMILES string of the molecule is Cc1ccc(OC(C)C(=O)NCc2ccccc2OC(F)F)c(Br)c1. The van der Waals surface area contributed by atoms with E-state index in [1.54, 1.807) is 31.2 Å². The highest BCUT2D eigenvalue weighted by atomic mass is 79.9. The minimum Gasteiger partial charge on any atom is -0.480 e. The summed E-state index contributed by atoms with van der Waals surface area (Å²) in [4.78, 5) is 12.2. The molecule has 2 rings (SSSR count). The molecule has 0 spiro atoms. The third-order valence-corrected chi connectivity index (χ3v) is 4.02. The monoisotopic (exact) mass is 413 g/mol. The Morgan fingerprint density at radius 3 is 2.56 bits per heavy atom. The first-order chi connectivity index (χ1) is 11.9. The normalized spacial score (nSPS) is 11.9. The van der Waals surface area contributed by atoms with Crippen molar-refractivity contribution in [1.82, 2.24) is 5.32 Å². The van der Waals surface area contributed by atoms with Crippen molar-refractivity contribution in [3.05, 3.63) is 58.1 Å². The van der Waals surface area contributed by atoms with Crippen molar-refractivity contribution in [2.75, 3.05) is 0 Å². The molecule has 0 heterocycles. The number of aryl methyl sites for hydroxylation is 1. The number of ether oxygens (including phenoxy) is 2. The van der Waals surface area contributed by atoms with E-state index >= 15 is 0 Å². The second-order valence-electron chi connectivity index (χ2n) is 5.40. The summed E-state index contributed by atoms with van der Waals surface area (Å²) in [6, 6.07) is 11.8. The lowest BCUT2D eigenvalue weighted by Crippen LogP contribution is -2.36. The van der Waals surface area contributed by atoms with Crippen molar-refractivity contribution in [1.29, 1.82) is 0 Å². The number of nitrogens with one attached hydrogen (secondary N) is 1. The Balaban J connectivity index is 1.96. The van der Waals surface area contributed by atoms with Gasteiger partial charge in [-0.1, -0.05) is 24.3 Å². The molecule has 0 aromatic heterocycles. The van der Waals surface area contributed by atoms with Gasteiger partial charge in [-0.2, -0.15) is 8.78 Å². The van der Waals surface area contributed by atoms with Crippen LogP contribution in [0.1, 0.15) is 18.1 Å². The summed E-state index contributed by atoms with van der Waals surface area (Å²) in [6.07, 6.45) is -0.748. The molecule has 0 aliphatic heterocycles. The molecule has 1 N–H and O–H groups in total. The summed E-state index contributed by atoms with van der Waals surface area (Å²) in [5.41, 5.74) is 1.52. The fourth-order valence-corrected chi connectivity index (χ4v) is 2.72. The van der Waals surface area contributed by atoms with Gasteiger partial charge in [0.1, 0.15) is 11.5 Å². The molecule has 0 bridgehead atoms. The summed E-state index contributed by atoms with van der Waals surface area (Å²) < 4.78 is 35.6. The van der Waals surface area contributed by atoms with Gasteiger partial charge in [-0.15, -0.1) is 0 Å². The molecule has 0 aliphatic rings. The Morgan fingerprint density at radius 1 is 1.16 bits per heavy atom. The predicted molar refractivity (Wildman–Crippen MR) is 93.9 cm³/mol. The van der Waals surface area contributed by atoms with Gasteiger partial charge >= 0.3 is 6.61 Å². The van der Waals surface area contributed by atoms with E-state index in [1.807, 2.05) is 19.1 Å². The van der Waals surface area contributed by atoms with Gasteiger partial charge in [0.15, 0.2) is 6.10 Å². The maximum absolute atomic E-state index is 12.4. The molecule has 2 aromatic carbocycles. The number of alkyl halides is 2. The Morgan fingerprint density at radius 2 is 1.88 bits per heavy atom. The molecule has 0 fully saturated rings. The zero-order valence-corrected chi connectivity index (χ0v) is 15.3. The van der Waals surface area contributed by atoms with Crippen LogP contribution < -0.4 is 14.8 Å². The summed E-state index contributed by atoms with van der Waals surface area (Å²) in [6.45, 7) is 0.704. The summed E-state index contributed by atoms with van der Waals surface area (Å²) in [7, 11) is 0. The standard InChI is InChI=1S/C18H18BrF2NO3/c1-11-7-8-16(14(19)9-11)24-12(2)17(23)22-10-13-5-3-4-6-15(13)25-18(20)21/h3-9,12,18H,10H2,1-2H3,(H,22,23). The van der Waals surface area contributed by atoms with Crippen LogP contribution in [0.3, 0.4) is 0 Å². The van der Waals surface area contributed by atoms with Gasteiger partial charge in [0.2, 0.25) is 0 Å². The largest absolute Gasteiger partial charge is 0.480 e. The number of hydrogen-bond acceptors (Lipinski definition) is 3. The maximum atomic E-state index is 12.4. The van der Waals surface area contributed by atoms with Crippen molar-refractivity contribution in [2.45, 2.75) is 33.1 Å². The number of rotatable bonds is 7. The van der Waals surface area contributed by atoms with Crippen molar-refractivity contribution >= 4 is 21.8 Å². The third kappa shape index (κ3) is 5.70. The second kappa shape index (κ2) is 8.80. The minimum absolute atomic E-state index is 0.0349. The van der Waals surface area contributed by atoms with E-state index in [1.165, 1.54) is 6.07 Å². The van der Waals surface area contributed by atoms with Crippen LogP contribution >= 0.6 is 15.9 Å². The van der Waals surface area contributed by atoms with Crippen molar-refractivity contribution in [3.63, 3.8) is 0 Å². The van der Waals surface area contributed by atoms with Crippen LogP contribution in [0, 0.1) is 6.92 Å². The average molecular weight is 414 g/mol. The number of carbonyl (C=O) groups is 1. The number of halogens is 3. The zero-order valence-electron chi connectivity index (χ0n) is 13.8. The van der Waals surface area contributed by atoms with Gasteiger partial charge in [-0.25, -0.2) is 0 Å². The number of benzene rings is 2. The summed E-state index contributed by atoms with van der Waals surface area (Å²) in [5.74, 6) is 0.224. The maximum Gasteiger partial charge on any atom is 0.387 e. The first-order valence-electron chi connectivity index (χ1n) is 7.60. The van der Waals surface area contributed by atoms with Crippen LogP contribution in [-0.4, -0.2) is 18.6 Å². The lowest BCUT2D eigenvalue weighted by molar-refractivity contribution is -0.127. The highest BCUT2D eigenvalue weighted by Crippen LogP contribution is 2.26. The number of hydrogen-bond donors (Lipinski definition) is 1. The molecule has 4 nitrogen and oxygen atoms in total. The van der Waals surface area contributed by atoms with E-state index in [9.17, 15) is 13.6 Å². The third-order valence-electron chi connectivity index (χ3n) is 3.40. The van der Waals surface area contributed by atoms with Crippen LogP contribution in [0.4, 0.5) is 8.78 Å². The van der Waals surface area contributed by atoms with E-state index in [-0.39, 0.29) is 18.2 Å². The smallest absolute Gasteiger partial charge is 0.387 e. The molecular formula is C18H18BrF2NO3. The topological polar surface area (TPSA) is 47.6 Å². The van der Waals surface area contributed by atoms with Gasteiger partial charge in [-0.3, -0.25) is 4.79 Å². The Hall–Kier alpha value is -2.15. The van der Waals surface area contributed by atoms with Gasteiger partial charge < -0.3 is 14.8 Å². The van der Waals surface area contributed by atoms with Gasteiger partial charge in [0.25, 0.3) is 5.91 Å². The first kappa shape index (κ1) is 19.2. The molecule has 2 aromatic rings. The predicted octanol–water partition coefficient (Wildman–Crippen LogP) is 4.44. The first-order valence-corrected chi connectivity index (χ1v) is 8.39. The van der Waals surface area contributed by atoms with Crippen molar-refractivity contribution < 1.29 is 23.0 Å². The molecule has 0 saturated heterocycles. The summed E-state index contributed by atoms with van der Waals surface area (Å²) in [5, 5.41) is 2.66. The van der Waals surface area contributed by atoms with Crippen LogP contribution in [0.25, 0.3) is 0 Å². The van der Waals surface area contributed by atoms with Crippen LogP contribution in [0.5, 0.6) is 11.5 Å². The van der Waals surface area contributed by atoms with E-state index < -0.39 is 12.7 Å². The minimum atomic E-state index is -2.92. The second-order valence-corrected chi connectivity index (χ2v) is 6.25. The van der Waals surface area contributed by atoms with Gasteiger partial charge in [0.05, 0.1) is 4.47 Å². The Bertz CT molecular complexity index is 740. The fourth-order valence-electron chi connectivity index (χ4n) is 2.13. The average Bonchev–Trinajstić information content (AvgIpc) is 2.55. The molecule has 1 unspecified atom stereocenters. The van der Waals surface area contributed by atoms with E-state index in [2.05, 4.69) is 26.0 Å². The lowest BCUT2D eigenvalue weighted by Gasteiger charge is -2.17. The van der Waals surface area contributed by atoms with Crippen LogP contribution in [0.15, 0.2) is 46.9 Å². The van der Waals surface area contributed by atoms with Gasteiger partial charge in [0, 0.05) is 12.1 Å². The van der Waals surface area contributed by atoms with Crippen LogP contribution in [0.2, 0.25) is 0 Å². The van der Waals surface area contributed by atoms with Crippen molar-refractivity contribution in [3.8, 4) is 11.5 Å². The summed E-state index contributed by atoms with van der Waals surface area (Å²) >= 11 is 3.39. The van der Waals surface area contributed by atoms with E-state index in [0.29, 0.717) is 11.3 Å². The lowest BCUT2D eigenvalue weighted by atomic mass is 10.2. The molecule has 0 saturated carbocycles. The molecule has 0 aliphatic carbocycles. The van der Waals surface area contributed by atoms with Gasteiger partial charge in [-0.05, 0) is 53.5 Å².